The molecule has 2 aromatic rings. The Morgan fingerprint density at radius 3 is 2.60 bits per heavy atom. The van der Waals surface area contributed by atoms with E-state index in [1.807, 2.05) is 42.1 Å². The topological polar surface area (TPSA) is 36.3 Å². The van der Waals surface area contributed by atoms with Gasteiger partial charge < -0.3 is 9.47 Å². The van der Waals surface area contributed by atoms with Gasteiger partial charge in [0.1, 0.15) is 12.4 Å². The second-order valence-electron chi connectivity index (χ2n) is 4.40. The number of nitrogens with zero attached hydrogens (tertiary/aromatic N) is 2. The summed E-state index contributed by atoms with van der Waals surface area (Å²) in [4.78, 5) is 0. The lowest BCUT2D eigenvalue weighted by Gasteiger charge is -2.07. The van der Waals surface area contributed by atoms with Gasteiger partial charge in [-0.25, -0.2) is 0 Å². The van der Waals surface area contributed by atoms with Gasteiger partial charge in [0.25, 0.3) is 0 Å². The Bertz CT molecular complexity index is 540. The van der Waals surface area contributed by atoms with Crippen LogP contribution in [0, 0.1) is 0 Å². The second-order valence-corrected chi connectivity index (χ2v) is 5.19. The van der Waals surface area contributed by atoms with E-state index in [0.717, 1.165) is 28.0 Å². The number of ether oxygens (including phenoxy) is 2. The van der Waals surface area contributed by atoms with Crippen molar-refractivity contribution in [3.8, 4) is 5.75 Å². The maximum atomic E-state index is 5.65. The summed E-state index contributed by atoms with van der Waals surface area (Å²) in [5.74, 6) is 0.867. The van der Waals surface area contributed by atoms with Crippen LogP contribution in [0.25, 0.3) is 0 Å². The van der Waals surface area contributed by atoms with E-state index in [9.17, 15) is 0 Å². The molecule has 0 radical (unpaired) electrons. The van der Waals surface area contributed by atoms with Crippen LogP contribution in [0.2, 0.25) is 0 Å². The Labute approximate surface area is 127 Å². The summed E-state index contributed by atoms with van der Waals surface area (Å²) in [6.07, 6.45) is 0.908. The molecule has 0 atom stereocenters. The van der Waals surface area contributed by atoms with Crippen molar-refractivity contribution in [2.45, 2.75) is 20.0 Å². The zero-order valence-corrected chi connectivity index (χ0v) is 13.4. The van der Waals surface area contributed by atoms with E-state index in [1.165, 1.54) is 0 Å². The Kier molecular flexibility index (Phi) is 5.61. The largest absolute Gasteiger partial charge is 0.491 e. The van der Waals surface area contributed by atoms with Gasteiger partial charge >= 0.3 is 0 Å². The highest BCUT2D eigenvalue weighted by Crippen LogP contribution is 2.22. The fourth-order valence-electron chi connectivity index (χ4n) is 1.88. The maximum absolute atomic E-state index is 5.65. The first-order valence-corrected chi connectivity index (χ1v) is 7.47. The molecule has 2 rings (SSSR count). The summed E-state index contributed by atoms with van der Waals surface area (Å²) in [6, 6.07) is 9.75. The lowest BCUT2D eigenvalue weighted by atomic mass is 10.3. The molecule has 0 saturated carbocycles. The van der Waals surface area contributed by atoms with E-state index in [4.69, 9.17) is 9.47 Å². The van der Waals surface area contributed by atoms with Crippen LogP contribution in [0.3, 0.4) is 0 Å². The van der Waals surface area contributed by atoms with Crippen molar-refractivity contribution >= 4 is 15.9 Å². The number of hydrogen-bond donors (Lipinski definition) is 0. The van der Waals surface area contributed by atoms with Crippen molar-refractivity contribution in [3.05, 3.63) is 46.2 Å². The molecule has 0 saturated heterocycles. The molecule has 0 amide bonds. The summed E-state index contributed by atoms with van der Waals surface area (Å²) < 4.78 is 14.1. The Balaban J connectivity index is 1.75. The molecule has 0 bridgehead atoms. The van der Waals surface area contributed by atoms with Crippen molar-refractivity contribution in [3.63, 3.8) is 0 Å². The number of aryl methyl sites for hydroxylation is 2. The average Bonchev–Trinajstić information content (AvgIpc) is 2.75. The highest BCUT2D eigenvalue weighted by molar-refractivity contribution is 9.10. The van der Waals surface area contributed by atoms with Gasteiger partial charge in [0.05, 0.1) is 29.1 Å². The predicted molar refractivity (Wildman–Crippen MR) is 81.9 cm³/mol. The average molecular weight is 339 g/mol. The van der Waals surface area contributed by atoms with Crippen LogP contribution in [0.5, 0.6) is 5.75 Å². The molecule has 5 heteroatoms. The van der Waals surface area contributed by atoms with Gasteiger partial charge in [0.2, 0.25) is 0 Å². The summed E-state index contributed by atoms with van der Waals surface area (Å²) in [5, 5.41) is 4.43. The van der Waals surface area contributed by atoms with Gasteiger partial charge in [0.15, 0.2) is 0 Å². The van der Waals surface area contributed by atoms with Crippen LogP contribution in [-0.4, -0.2) is 23.0 Å². The van der Waals surface area contributed by atoms with Gasteiger partial charge in [-0.3, -0.25) is 4.68 Å². The molecule has 1 heterocycles. The van der Waals surface area contributed by atoms with E-state index >= 15 is 0 Å². The molecule has 20 heavy (non-hydrogen) atoms. The SMILES string of the molecule is CCc1nn(C)c(COCCOc2ccccc2)c1Br. The number of aromatic nitrogens is 2. The summed E-state index contributed by atoms with van der Waals surface area (Å²) in [7, 11) is 1.93. The van der Waals surface area contributed by atoms with Crippen molar-refractivity contribution < 1.29 is 9.47 Å². The zero-order chi connectivity index (χ0) is 14.4. The molecule has 0 aliphatic carbocycles. The summed E-state index contributed by atoms with van der Waals surface area (Å²) >= 11 is 3.57. The Morgan fingerprint density at radius 1 is 1.20 bits per heavy atom. The predicted octanol–water partition coefficient (Wildman–Crippen LogP) is 3.34. The minimum absolute atomic E-state index is 0.530. The van der Waals surface area contributed by atoms with Gasteiger partial charge in [-0.1, -0.05) is 25.1 Å². The molecule has 0 unspecified atom stereocenters. The number of hydrogen-bond acceptors (Lipinski definition) is 3. The van der Waals surface area contributed by atoms with Crippen LogP contribution in [0.15, 0.2) is 34.8 Å². The number of para-hydroxylation sites is 1. The highest BCUT2D eigenvalue weighted by Gasteiger charge is 2.12. The molecule has 0 N–H and O–H groups in total. The number of benzene rings is 1. The maximum Gasteiger partial charge on any atom is 0.119 e. The second kappa shape index (κ2) is 7.45. The molecule has 0 fully saturated rings. The lowest BCUT2D eigenvalue weighted by molar-refractivity contribution is 0.0847. The van der Waals surface area contributed by atoms with Crippen LogP contribution < -0.4 is 4.74 Å². The van der Waals surface area contributed by atoms with Gasteiger partial charge in [-0.15, -0.1) is 0 Å². The smallest absolute Gasteiger partial charge is 0.119 e. The van der Waals surface area contributed by atoms with Gasteiger partial charge in [0, 0.05) is 7.05 Å². The van der Waals surface area contributed by atoms with Gasteiger partial charge in [-0.05, 0) is 34.5 Å². The molecular weight excluding hydrogens is 320 g/mol. The highest BCUT2D eigenvalue weighted by atomic mass is 79.9. The quantitative estimate of drug-likeness (QED) is 0.726. The number of rotatable bonds is 7. The van der Waals surface area contributed by atoms with E-state index in [0.29, 0.717) is 19.8 Å². The first-order valence-electron chi connectivity index (χ1n) is 6.68. The van der Waals surface area contributed by atoms with E-state index in [2.05, 4.69) is 28.0 Å². The van der Waals surface area contributed by atoms with Gasteiger partial charge in [-0.2, -0.15) is 5.10 Å². The monoisotopic (exact) mass is 338 g/mol. The molecule has 0 aliphatic rings. The third-order valence-corrected chi connectivity index (χ3v) is 3.90. The Morgan fingerprint density at radius 2 is 1.95 bits per heavy atom. The molecule has 0 spiro atoms. The minimum Gasteiger partial charge on any atom is -0.491 e. The third-order valence-electron chi connectivity index (χ3n) is 2.98. The van der Waals surface area contributed by atoms with Crippen molar-refractivity contribution in [2.75, 3.05) is 13.2 Å². The first-order chi connectivity index (χ1) is 9.72. The first kappa shape index (κ1) is 15.1. The standard InChI is InChI=1S/C15H19BrN2O2/c1-3-13-15(16)14(18(2)17-13)11-19-9-10-20-12-7-5-4-6-8-12/h4-8H,3,9-11H2,1-2H3. The molecule has 4 nitrogen and oxygen atoms in total. The minimum atomic E-state index is 0.530. The third kappa shape index (κ3) is 3.84. The molecular formula is C15H19BrN2O2. The van der Waals surface area contributed by atoms with Crippen LogP contribution in [0.1, 0.15) is 18.3 Å². The van der Waals surface area contributed by atoms with Crippen LogP contribution >= 0.6 is 15.9 Å². The fourth-order valence-corrected chi connectivity index (χ4v) is 2.61. The van der Waals surface area contributed by atoms with Crippen molar-refractivity contribution in [1.82, 2.24) is 9.78 Å². The normalized spacial score (nSPS) is 10.8. The van der Waals surface area contributed by atoms with Crippen molar-refractivity contribution in [1.29, 1.82) is 0 Å². The van der Waals surface area contributed by atoms with Crippen LogP contribution in [0.4, 0.5) is 0 Å². The fraction of sp³-hybridized carbons (Fsp3) is 0.400. The lowest BCUT2D eigenvalue weighted by Crippen LogP contribution is -2.08. The van der Waals surface area contributed by atoms with Crippen molar-refractivity contribution in [2.24, 2.45) is 7.05 Å². The summed E-state index contributed by atoms with van der Waals surface area (Å²) in [6.45, 7) is 3.71. The number of halogens is 1. The summed E-state index contributed by atoms with van der Waals surface area (Å²) in [5.41, 5.74) is 2.12. The van der Waals surface area contributed by atoms with E-state index in [-0.39, 0.29) is 0 Å². The zero-order valence-electron chi connectivity index (χ0n) is 11.8. The molecule has 0 aliphatic heterocycles. The van der Waals surface area contributed by atoms with Crippen LogP contribution in [-0.2, 0) is 24.8 Å². The molecule has 1 aromatic carbocycles. The van der Waals surface area contributed by atoms with E-state index < -0.39 is 0 Å². The van der Waals surface area contributed by atoms with E-state index in [1.54, 1.807) is 0 Å². The molecule has 1 aromatic heterocycles. The molecule has 108 valence electrons. The Hall–Kier alpha value is -1.33.